The average molecular weight is 524 g/mol. The Morgan fingerprint density at radius 3 is 2.57 bits per heavy atom. The number of hydrogen-bond donors (Lipinski definition) is 4. The van der Waals surface area contributed by atoms with Gasteiger partial charge in [-0.2, -0.15) is 4.37 Å². The van der Waals surface area contributed by atoms with Crippen molar-refractivity contribution in [2.24, 2.45) is 5.73 Å². The van der Waals surface area contributed by atoms with Crippen LogP contribution in [0.25, 0.3) is 0 Å². The number of anilines is 2. The maximum Gasteiger partial charge on any atom is 0.273 e. The van der Waals surface area contributed by atoms with E-state index in [-0.39, 0.29) is 34.7 Å². The molecule has 3 aromatic rings. The van der Waals surface area contributed by atoms with Crippen molar-refractivity contribution in [3.8, 4) is 5.75 Å². The second-order valence-electron chi connectivity index (χ2n) is 8.91. The first kappa shape index (κ1) is 26.1. The average Bonchev–Trinajstić information content (AvgIpc) is 3.53. The minimum atomic E-state index is -1.13. The van der Waals surface area contributed by atoms with Crippen molar-refractivity contribution in [1.29, 1.82) is 0 Å². The van der Waals surface area contributed by atoms with E-state index in [1.165, 1.54) is 17.0 Å². The Morgan fingerprint density at radius 2 is 1.95 bits per heavy atom. The third-order valence-corrected chi connectivity index (χ3v) is 7.30. The Bertz CT molecular complexity index is 1320. The second kappa shape index (κ2) is 11.0. The zero-order chi connectivity index (χ0) is 26.7. The number of nitrogens with zero attached hydrogens (tertiary/aromatic N) is 2. The van der Waals surface area contributed by atoms with E-state index in [4.69, 9.17) is 16.2 Å². The van der Waals surface area contributed by atoms with E-state index in [1.807, 2.05) is 19.9 Å². The quantitative estimate of drug-likeness (QED) is 0.353. The van der Waals surface area contributed by atoms with E-state index in [9.17, 15) is 19.5 Å². The lowest BCUT2D eigenvalue weighted by Gasteiger charge is -2.33. The van der Waals surface area contributed by atoms with Crippen LogP contribution >= 0.6 is 11.5 Å². The predicted molar refractivity (Wildman–Crippen MR) is 141 cm³/mol. The summed E-state index contributed by atoms with van der Waals surface area (Å²) < 4.78 is 9.62. The van der Waals surface area contributed by atoms with E-state index in [0.29, 0.717) is 17.9 Å². The van der Waals surface area contributed by atoms with Gasteiger partial charge in [-0.1, -0.05) is 24.3 Å². The molecule has 0 unspecified atom stereocenters. The minimum absolute atomic E-state index is 0.00888. The number of nitrogen functional groups attached to an aromatic ring is 1. The molecule has 1 aliphatic rings. The van der Waals surface area contributed by atoms with Crippen LogP contribution in [0.15, 0.2) is 42.5 Å². The van der Waals surface area contributed by atoms with E-state index in [2.05, 4.69) is 9.69 Å². The summed E-state index contributed by atoms with van der Waals surface area (Å²) in [6.07, 6.45) is 1.64. The van der Waals surface area contributed by atoms with Crippen LogP contribution in [0.2, 0.25) is 0 Å². The summed E-state index contributed by atoms with van der Waals surface area (Å²) in [5.74, 6) is -1.88. The Labute approximate surface area is 218 Å². The summed E-state index contributed by atoms with van der Waals surface area (Å²) in [7, 11) is 0. The van der Waals surface area contributed by atoms with E-state index in [0.717, 1.165) is 35.5 Å². The van der Waals surface area contributed by atoms with Gasteiger partial charge in [0.15, 0.2) is 5.69 Å². The van der Waals surface area contributed by atoms with E-state index >= 15 is 0 Å². The van der Waals surface area contributed by atoms with Gasteiger partial charge in [0.25, 0.3) is 11.8 Å². The number of aryl methyl sites for hydroxylation is 1. The highest BCUT2D eigenvalue weighted by Crippen LogP contribution is 2.36. The molecular weight excluding hydrogens is 494 g/mol. The highest BCUT2D eigenvalue weighted by molar-refractivity contribution is 7.09. The van der Waals surface area contributed by atoms with Crippen LogP contribution in [0.3, 0.4) is 0 Å². The third kappa shape index (κ3) is 5.42. The van der Waals surface area contributed by atoms with Gasteiger partial charge in [0.2, 0.25) is 5.91 Å². The molecule has 194 valence electrons. The van der Waals surface area contributed by atoms with Gasteiger partial charge in [-0.15, -0.1) is 0 Å². The zero-order valence-electron chi connectivity index (χ0n) is 20.6. The summed E-state index contributed by atoms with van der Waals surface area (Å²) in [4.78, 5) is 41.0. The summed E-state index contributed by atoms with van der Waals surface area (Å²) in [6.45, 7) is 4.69. The molecule has 0 saturated carbocycles. The van der Waals surface area contributed by atoms with Gasteiger partial charge in [-0.25, -0.2) is 0 Å². The first-order valence-electron chi connectivity index (χ1n) is 11.8. The van der Waals surface area contributed by atoms with Crippen molar-refractivity contribution in [3.63, 3.8) is 0 Å². The Morgan fingerprint density at radius 1 is 1.22 bits per heavy atom. The molecule has 37 heavy (non-hydrogen) atoms. The lowest BCUT2D eigenvalue weighted by Crippen LogP contribution is -2.46. The molecule has 1 saturated heterocycles. The first-order chi connectivity index (χ1) is 17.7. The van der Waals surface area contributed by atoms with E-state index < -0.39 is 23.8 Å². The van der Waals surface area contributed by atoms with Gasteiger partial charge in [0.1, 0.15) is 16.7 Å². The molecule has 4 rings (SSSR count). The van der Waals surface area contributed by atoms with Crippen LogP contribution in [0.5, 0.6) is 5.75 Å². The fourth-order valence-electron chi connectivity index (χ4n) is 4.29. The molecule has 1 aliphatic heterocycles. The summed E-state index contributed by atoms with van der Waals surface area (Å²) in [5, 5.41) is 12.8. The molecule has 3 amide bonds. The number of hydrogen-bond acceptors (Lipinski definition) is 8. The maximum absolute atomic E-state index is 14.1. The number of aromatic hydroxyl groups is 1. The van der Waals surface area contributed by atoms with Crippen LogP contribution in [0, 0.1) is 13.8 Å². The maximum atomic E-state index is 14.1. The van der Waals surface area contributed by atoms with Crippen molar-refractivity contribution in [1.82, 2.24) is 9.69 Å². The molecule has 0 bridgehead atoms. The number of amides is 3. The molecule has 2 heterocycles. The van der Waals surface area contributed by atoms with Crippen LogP contribution < -0.4 is 21.7 Å². The number of rotatable bonds is 8. The first-order valence-corrected chi connectivity index (χ1v) is 12.6. The number of nitrogens with one attached hydrogen (secondary N) is 1. The van der Waals surface area contributed by atoms with Crippen LogP contribution in [0.4, 0.5) is 11.4 Å². The standard InChI is InChI=1S/C26H29N5O5S/c1-14-5-3-7-19(15(14)2)31(26(35)23-20(27)21(24(28)33)30-37-23)22(16-8-10-17(32)11-9-16)25(34)29-13-18-6-4-12-36-18/h3,5,7-11,18,22,32H,4,6,12-13,27H2,1-2H3,(H2,28,33)(H,29,34)/t18-,22-/m1/s1. The zero-order valence-corrected chi connectivity index (χ0v) is 21.4. The number of benzene rings is 2. The van der Waals surface area contributed by atoms with Crippen molar-refractivity contribution >= 4 is 40.6 Å². The fourth-order valence-corrected chi connectivity index (χ4v) is 5.03. The van der Waals surface area contributed by atoms with Crippen LogP contribution in [0.1, 0.15) is 55.7 Å². The van der Waals surface area contributed by atoms with Crippen LogP contribution in [-0.4, -0.2) is 46.5 Å². The van der Waals surface area contributed by atoms with Crippen molar-refractivity contribution in [2.75, 3.05) is 23.8 Å². The summed E-state index contributed by atoms with van der Waals surface area (Å²) >= 11 is 0.747. The molecule has 0 aliphatic carbocycles. The van der Waals surface area contributed by atoms with E-state index in [1.54, 1.807) is 24.3 Å². The molecule has 0 radical (unpaired) electrons. The SMILES string of the molecule is Cc1cccc(N(C(=O)c2snc(C(N)=O)c2N)[C@@H](C(=O)NC[C@H]2CCCO2)c2ccc(O)cc2)c1C. The number of phenolic OH excluding ortho intramolecular Hbond substituents is 1. The molecule has 2 aromatic carbocycles. The lowest BCUT2D eigenvalue weighted by atomic mass is 9.99. The van der Waals surface area contributed by atoms with Gasteiger partial charge in [-0.3, -0.25) is 19.3 Å². The number of nitrogens with two attached hydrogens (primary N) is 2. The third-order valence-electron chi connectivity index (χ3n) is 6.45. The van der Waals surface area contributed by atoms with Gasteiger partial charge in [-0.05, 0) is 73.1 Å². The molecular formula is C26H29N5O5S. The monoisotopic (exact) mass is 523 g/mol. The summed E-state index contributed by atoms with van der Waals surface area (Å²) in [6, 6.07) is 10.4. The predicted octanol–water partition coefficient (Wildman–Crippen LogP) is 2.83. The van der Waals surface area contributed by atoms with Crippen molar-refractivity contribution < 1.29 is 24.2 Å². The Hall–Kier alpha value is -3.96. The smallest absolute Gasteiger partial charge is 0.273 e. The number of primary amides is 1. The van der Waals surface area contributed by atoms with Crippen molar-refractivity contribution in [3.05, 3.63) is 69.7 Å². The fraction of sp³-hybridized carbons (Fsp3) is 0.308. The normalized spacial score (nSPS) is 15.8. The number of carbonyl (C=O) groups excluding carboxylic acids is 3. The topological polar surface area (TPSA) is 161 Å². The second-order valence-corrected chi connectivity index (χ2v) is 9.68. The number of carbonyl (C=O) groups is 3. The van der Waals surface area contributed by atoms with Crippen LogP contribution in [-0.2, 0) is 9.53 Å². The summed E-state index contributed by atoms with van der Waals surface area (Å²) in [5.41, 5.74) is 13.8. The number of aromatic nitrogens is 1. The molecule has 1 aromatic heterocycles. The van der Waals surface area contributed by atoms with Crippen molar-refractivity contribution in [2.45, 2.75) is 38.8 Å². The molecule has 10 nitrogen and oxygen atoms in total. The Kier molecular flexibility index (Phi) is 7.74. The number of ether oxygens (including phenoxy) is 1. The van der Waals surface area contributed by atoms with Gasteiger partial charge >= 0.3 is 0 Å². The molecule has 6 N–H and O–H groups in total. The highest BCUT2D eigenvalue weighted by Gasteiger charge is 2.37. The highest BCUT2D eigenvalue weighted by atomic mass is 32.1. The molecule has 1 fully saturated rings. The minimum Gasteiger partial charge on any atom is -0.508 e. The number of phenols is 1. The molecule has 0 spiro atoms. The molecule has 11 heteroatoms. The Balaban J connectivity index is 1.85. The largest absolute Gasteiger partial charge is 0.508 e. The lowest BCUT2D eigenvalue weighted by molar-refractivity contribution is -0.123. The molecule has 2 atom stereocenters. The van der Waals surface area contributed by atoms with Gasteiger partial charge in [0.05, 0.1) is 11.8 Å². The van der Waals surface area contributed by atoms with Gasteiger partial charge in [0, 0.05) is 18.8 Å². The van der Waals surface area contributed by atoms with Gasteiger partial charge < -0.3 is 26.6 Å².